The van der Waals surface area contributed by atoms with Crippen LogP contribution in [-0.2, 0) is 19.5 Å². The summed E-state index contributed by atoms with van der Waals surface area (Å²) in [5.41, 5.74) is 6.79. The molecule has 0 bridgehead atoms. The Kier molecular flexibility index (Phi) is 3.99. The van der Waals surface area contributed by atoms with Crippen molar-refractivity contribution in [1.29, 1.82) is 0 Å². The second kappa shape index (κ2) is 6.96. The van der Waals surface area contributed by atoms with E-state index in [1.54, 1.807) is 6.33 Å². The molecule has 3 N–H and O–H groups in total. The summed E-state index contributed by atoms with van der Waals surface area (Å²) in [5, 5.41) is 12.7. The third-order valence-corrected chi connectivity index (χ3v) is 5.79. The van der Waals surface area contributed by atoms with Gasteiger partial charge in [-0.25, -0.2) is 9.97 Å². The predicted molar refractivity (Wildman–Crippen MR) is 118 cm³/mol. The number of rotatable bonds is 4. The second-order valence-electron chi connectivity index (χ2n) is 7.77. The summed E-state index contributed by atoms with van der Waals surface area (Å²) in [6.07, 6.45) is 4.43. The van der Waals surface area contributed by atoms with Crippen LogP contribution >= 0.6 is 0 Å². The van der Waals surface area contributed by atoms with Gasteiger partial charge in [0.25, 0.3) is 0 Å². The summed E-state index contributed by atoms with van der Waals surface area (Å²) in [6.45, 7) is 2.86. The SMILES string of the molecule is c1ccc(CN2CCc3[nH]c4ncnc(Nc5ccc6[nH]ncc6c5)c4c3C2)cc1. The lowest BCUT2D eigenvalue weighted by molar-refractivity contribution is 0.246. The van der Waals surface area contributed by atoms with E-state index in [2.05, 4.69) is 71.8 Å². The van der Waals surface area contributed by atoms with Gasteiger partial charge in [0.1, 0.15) is 17.8 Å². The van der Waals surface area contributed by atoms with Gasteiger partial charge in [-0.2, -0.15) is 5.10 Å². The van der Waals surface area contributed by atoms with Crippen LogP contribution in [0.15, 0.2) is 61.1 Å². The maximum Gasteiger partial charge on any atom is 0.143 e. The first-order valence-electron chi connectivity index (χ1n) is 10.1. The van der Waals surface area contributed by atoms with E-state index < -0.39 is 0 Å². The molecular formula is C23H21N7. The normalized spacial score (nSPS) is 14.3. The van der Waals surface area contributed by atoms with Gasteiger partial charge >= 0.3 is 0 Å². The molecule has 5 aromatic rings. The molecule has 0 fully saturated rings. The van der Waals surface area contributed by atoms with E-state index in [0.717, 1.165) is 59.5 Å². The van der Waals surface area contributed by atoms with Crippen LogP contribution in [0.5, 0.6) is 0 Å². The van der Waals surface area contributed by atoms with Gasteiger partial charge in [0, 0.05) is 48.4 Å². The van der Waals surface area contributed by atoms with Crippen molar-refractivity contribution < 1.29 is 0 Å². The Morgan fingerprint density at radius 2 is 2.00 bits per heavy atom. The third kappa shape index (κ3) is 3.00. The van der Waals surface area contributed by atoms with Crippen molar-refractivity contribution in [1.82, 2.24) is 30.0 Å². The van der Waals surface area contributed by atoms with Gasteiger partial charge in [-0.3, -0.25) is 10.00 Å². The minimum absolute atomic E-state index is 0.835. The third-order valence-electron chi connectivity index (χ3n) is 5.79. The monoisotopic (exact) mass is 395 g/mol. The van der Waals surface area contributed by atoms with Gasteiger partial charge in [-0.05, 0) is 23.8 Å². The smallest absolute Gasteiger partial charge is 0.143 e. The van der Waals surface area contributed by atoms with Crippen LogP contribution < -0.4 is 5.32 Å². The quantitative estimate of drug-likeness (QED) is 0.426. The highest BCUT2D eigenvalue weighted by Gasteiger charge is 2.23. The number of anilines is 2. The number of fused-ring (bicyclic) bond motifs is 4. The van der Waals surface area contributed by atoms with E-state index in [1.165, 1.54) is 16.8 Å². The Morgan fingerprint density at radius 1 is 1.07 bits per heavy atom. The first-order valence-corrected chi connectivity index (χ1v) is 10.1. The van der Waals surface area contributed by atoms with Crippen LogP contribution in [0.1, 0.15) is 16.8 Å². The first kappa shape index (κ1) is 17.2. The molecule has 4 heterocycles. The molecule has 0 radical (unpaired) electrons. The van der Waals surface area contributed by atoms with Gasteiger partial charge in [0.05, 0.1) is 17.1 Å². The van der Waals surface area contributed by atoms with E-state index in [1.807, 2.05) is 18.3 Å². The van der Waals surface area contributed by atoms with Crippen LogP contribution in [0.4, 0.5) is 11.5 Å². The number of nitrogens with one attached hydrogen (secondary N) is 3. The van der Waals surface area contributed by atoms with E-state index in [9.17, 15) is 0 Å². The Hall–Kier alpha value is -3.71. The van der Waals surface area contributed by atoms with Crippen molar-refractivity contribution in [3.63, 3.8) is 0 Å². The predicted octanol–water partition coefficient (Wildman–Crippen LogP) is 4.14. The molecule has 6 rings (SSSR count). The summed E-state index contributed by atoms with van der Waals surface area (Å²) in [4.78, 5) is 15.1. The van der Waals surface area contributed by atoms with E-state index >= 15 is 0 Å². The fourth-order valence-electron chi connectivity index (χ4n) is 4.32. The van der Waals surface area contributed by atoms with Crippen molar-refractivity contribution >= 4 is 33.4 Å². The fourth-order valence-corrected chi connectivity index (χ4v) is 4.32. The lowest BCUT2D eigenvalue weighted by Gasteiger charge is -2.27. The molecule has 0 saturated heterocycles. The number of benzene rings is 2. The van der Waals surface area contributed by atoms with Crippen molar-refractivity contribution in [2.24, 2.45) is 0 Å². The summed E-state index contributed by atoms with van der Waals surface area (Å²) < 4.78 is 0. The molecular weight excluding hydrogens is 374 g/mol. The minimum atomic E-state index is 0.835. The van der Waals surface area contributed by atoms with Gasteiger partial charge in [0.2, 0.25) is 0 Å². The van der Waals surface area contributed by atoms with Gasteiger partial charge < -0.3 is 10.3 Å². The second-order valence-corrected chi connectivity index (χ2v) is 7.77. The van der Waals surface area contributed by atoms with Crippen LogP contribution in [0.3, 0.4) is 0 Å². The van der Waals surface area contributed by atoms with E-state index in [-0.39, 0.29) is 0 Å². The van der Waals surface area contributed by atoms with Gasteiger partial charge in [-0.1, -0.05) is 30.3 Å². The number of aromatic amines is 2. The molecule has 2 aromatic carbocycles. The largest absolute Gasteiger partial charge is 0.343 e. The molecule has 1 aliphatic heterocycles. The lowest BCUT2D eigenvalue weighted by Crippen LogP contribution is -2.29. The number of H-pyrrole nitrogens is 2. The zero-order valence-corrected chi connectivity index (χ0v) is 16.4. The number of hydrogen-bond acceptors (Lipinski definition) is 5. The zero-order valence-electron chi connectivity index (χ0n) is 16.4. The average Bonchev–Trinajstić information content (AvgIpc) is 3.39. The van der Waals surface area contributed by atoms with Crippen LogP contribution in [-0.4, -0.2) is 36.6 Å². The first-order chi connectivity index (χ1) is 14.8. The molecule has 3 aromatic heterocycles. The van der Waals surface area contributed by atoms with Crippen LogP contribution in [0.25, 0.3) is 21.9 Å². The highest BCUT2D eigenvalue weighted by molar-refractivity contribution is 5.94. The maximum absolute atomic E-state index is 4.58. The highest BCUT2D eigenvalue weighted by atomic mass is 15.1. The highest BCUT2D eigenvalue weighted by Crippen LogP contribution is 2.33. The molecule has 30 heavy (non-hydrogen) atoms. The standard InChI is InChI=1S/C23H21N7/c1-2-4-15(5-3-1)12-30-9-8-20-18(13-30)21-22(24-14-25-23(21)28-20)27-17-6-7-19-16(10-17)11-26-29-19/h1-7,10-11,14H,8-9,12-13H2,(H,26,29)(H2,24,25,27,28). The molecule has 0 aliphatic carbocycles. The summed E-state index contributed by atoms with van der Waals surface area (Å²) in [5.74, 6) is 0.835. The zero-order chi connectivity index (χ0) is 19.9. The molecule has 0 saturated carbocycles. The van der Waals surface area contributed by atoms with Crippen molar-refractivity contribution in [3.05, 3.63) is 77.9 Å². The van der Waals surface area contributed by atoms with Gasteiger partial charge in [-0.15, -0.1) is 0 Å². The molecule has 0 spiro atoms. The number of hydrogen-bond donors (Lipinski definition) is 3. The summed E-state index contributed by atoms with van der Waals surface area (Å²) >= 11 is 0. The lowest BCUT2D eigenvalue weighted by atomic mass is 10.0. The average molecular weight is 395 g/mol. The molecule has 0 unspecified atom stereocenters. The maximum atomic E-state index is 4.58. The molecule has 148 valence electrons. The Bertz CT molecular complexity index is 1340. The number of nitrogens with zero attached hydrogens (tertiary/aromatic N) is 4. The molecule has 0 amide bonds. The molecule has 1 aliphatic rings. The number of aromatic nitrogens is 5. The fraction of sp³-hybridized carbons (Fsp3) is 0.174. The van der Waals surface area contributed by atoms with E-state index in [0.29, 0.717) is 0 Å². The summed E-state index contributed by atoms with van der Waals surface area (Å²) in [6, 6.07) is 16.8. The Labute approximate surface area is 173 Å². The van der Waals surface area contributed by atoms with Crippen molar-refractivity contribution in [3.8, 4) is 0 Å². The van der Waals surface area contributed by atoms with Crippen LogP contribution in [0, 0.1) is 0 Å². The topological polar surface area (TPSA) is 85.5 Å². The Morgan fingerprint density at radius 3 is 2.93 bits per heavy atom. The molecule has 7 heteroatoms. The van der Waals surface area contributed by atoms with Crippen LogP contribution in [0.2, 0.25) is 0 Å². The van der Waals surface area contributed by atoms with Gasteiger partial charge in [0.15, 0.2) is 0 Å². The molecule has 0 atom stereocenters. The minimum Gasteiger partial charge on any atom is -0.343 e. The summed E-state index contributed by atoms with van der Waals surface area (Å²) in [7, 11) is 0. The molecule has 7 nitrogen and oxygen atoms in total. The van der Waals surface area contributed by atoms with Crippen molar-refractivity contribution in [2.75, 3.05) is 11.9 Å². The Balaban J connectivity index is 1.35. The van der Waals surface area contributed by atoms with E-state index in [4.69, 9.17) is 0 Å². The van der Waals surface area contributed by atoms with Crippen molar-refractivity contribution in [2.45, 2.75) is 19.5 Å².